The van der Waals surface area contributed by atoms with Crippen molar-refractivity contribution in [2.75, 3.05) is 0 Å². The molecule has 1 aromatic heterocycles. The fourth-order valence-electron chi connectivity index (χ4n) is 4.55. The molecule has 0 aliphatic rings. The second-order valence-electron chi connectivity index (χ2n) is 8.81. The van der Waals surface area contributed by atoms with Crippen LogP contribution in [0.4, 0.5) is 0 Å². The van der Waals surface area contributed by atoms with Crippen molar-refractivity contribution in [2.24, 2.45) is 0 Å². The van der Waals surface area contributed by atoms with Gasteiger partial charge in [-0.15, -0.1) is 0 Å². The maximum Gasteiger partial charge on any atom is 0.235 e. The highest BCUT2D eigenvalue weighted by Crippen LogP contribution is 2.35. The van der Waals surface area contributed by atoms with Gasteiger partial charge in [-0.05, 0) is 39.8 Å². The van der Waals surface area contributed by atoms with E-state index in [-0.39, 0.29) is 5.91 Å². The van der Waals surface area contributed by atoms with E-state index in [9.17, 15) is 4.79 Å². The minimum atomic E-state index is 0.0759. The first kappa shape index (κ1) is 21.0. The first-order valence-corrected chi connectivity index (χ1v) is 11.5. The molecule has 2 heteroatoms. The molecule has 5 aromatic rings. The summed E-state index contributed by atoms with van der Waals surface area (Å²) in [7, 11) is 0. The highest BCUT2D eigenvalue weighted by molar-refractivity contribution is 6.02. The Balaban J connectivity index is 1.49. The van der Waals surface area contributed by atoms with Gasteiger partial charge in [-0.3, -0.25) is 9.36 Å². The molecule has 0 radical (unpaired) electrons. The molecule has 0 bridgehead atoms. The van der Waals surface area contributed by atoms with E-state index in [4.69, 9.17) is 0 Å². The number of fused-ring (bicyclic) bond motifs is 1. The minimum absolute atomic E-state index is 0.0759. The maximum absolute atomic E-state index is 13.4. The third-order valence-corrected chi connectivity index (χ3v) is 6.27. The van der Waals surface area contributed by atoms with E-state index in [1.807, 2.05) is 47.2 Å². The second-order valence-corrected chi connectivity index (χ2v) is 8.81. The molecule has 0 aliphatic heterocycles. The first-order valence-electron chi connectivity index (χ1n) is 11.5. The van der Waals surface area contributed by atoms with Crippen LogP contribution in [0.5, 0.6) is 0 Å². The van der Waals surface area contributed by atoms with E-state index < -0.39 is 0 Å². The molecule has 0 unspecified atom stereocenters. The van der Waals surface area contributed by atoms with Gasteiger partial charge in [0.15, 0.2) is 0 Å². The molecule has 0 amide bonds. The lowest BCUT2D eigenvalue weighted by molar-refractivity contribution is 0.0919. The van der Waals surface area contributed by atoms with Crippen LogP contribution >= 0.6 is 0 Å². The summed E-state index contributed by atoms with van der Waals surface area (Å²) in [5.74, 6) is 0.481. The van der Waals surface area contributed by atoms with Crippen molar-refractivity contribution in [2.45, 2.75) is 26.2 Å². The molecule has 1 heterocycles. The lowest BCUT2D eigenvalue weighted by Crippen LogP contribution is -2.12. The second kappa shape index (κ2) is 8.91. The zero-order valence-electron chi connectivity index (χ0n) is 19.0. The number of para-hydroxylation sites is 1. The number of hydrogen-bond acceptors (Lipinski definition) is 1. The van der Waals surface area contributed by atoms with E-state index in [1.165, 1.54) is 16.7 Å². The predicted octanol–water partition coefficient (Wildman–Crippen LogP) is 7.98. The van der Waals surface area contributed by atoms with Gasteiger partial charge in [0.2, 0.25) is 5.91 Å². The van der Waals surface area contributed by atoms with Crippen LogP contribution in [0.15, 0.2) is 109 Å². The molecule has 0 aliphatic carbocycles. The molecule has 0 spiro atoms. The molecule has 0 fully saturated rings. The van der Waals surface area contributed by atoms with Crippen LogP contribution in [-0.2, 0) is 6.42 Å². The summed E-state index contributed by atoms with van der Waals surface area (Å²) in [6, 6.07) is 35.3. The van der Waals surface area contributed by atoms with Crippen LogP contribution in [0.3, 0.4) is 0 Å². The van der Waals surface area contributed by atoms with Crippen LogP contribution < -0.4 is 0 Å². The van der Waals surface area contributed by atoms with Gasteiger partial charge in [-0.1, -0.05) is 111 Å². The van der Waals surface area contributed by atoms with Gasteiger partial charge in [0.25, 0.3) is 0 Å². The summed E-state index contributed by atoms with van der Waals surface area (Å²) < 4.78 is 1.83. The number of benzene rings is 4. The smallest absolute Gasteiger partial charge is 0.235 e. The molecular formula is C31H27NO. The maximum atomic E-state index is 13.4. The summed E-state index contributed by atoms with van der Waals surface area (Å²) in [5, 5.41) is 1.11. The van der Waals surface area contributed by atoms with Crippen molar-refractivity contribution in [3.05, 3.63) is 120 Å². The number of rotatable bonds is 5. The Bertz CT molecular complexity index is 1410. The number of carbonyl (C=O) groups is 1. The summed E-state index contributed by atoms with van der Waals surface area (Å²) in [4.78, 5) is 13.4. The van der Waals surface area contributed by atoms with Crippen molar-refractivity contribution >= 4 is 16.8 Å². The van der Waals surface area contributed by atoms with E-state index in [1.54, 1.807) is 0 Å². The molecular weight excluding hydrogens is 402 g/mol. The van der Waals surface area contributed by atoms with E-state index in [2.05, 4.69) is 80.6 Å². The molecule has 0 saturated carbocycles. The Labute approximate surface area is 195 Å². The van der Waals surface area contributed by atoms with Gasteiger partial charge in [0, 0.05) is 17.1 Å². The van der Waals surface area contributed by atoms with Crippen LogP contribution in [0.2, 0.25) is 0 Å². The van der Waals surface area contributed by atoms with Crippen molar-refractivity contribution in [3.63, 3.8) is 0 Å². The van der Waals surface area contributed by atoms with Crippen molar-refractivity contribution in [3.8, 4) is 22.3 Å². The Morgan fingerprint density at radius 2 is 1.33 bits per heavy atom. The van der Waals surface area contributed by atoms with Gasteiger partial charge >= 0.3 is 0 Å². The van der Waals surface area contributed by atoms with E-state index >= 15 is 0 Å². The highest BCUT2D eigenvalue weighted by Gasteiger charge is 2.17. The lowest BCUT2D eigenvalue weighted by Gasteiger charge is -2.11. The number of carbonyl (C=O) groups excluding carboxylic acids is 1. The third-order valence-electron chi connectivity index (χ3n) is 6.27. The van der Waals surface area contributed by atoms with Gasteiger partial charge in [0.1, 0.15) is 0 Å². The quantitative estimate of drug-likeness (QED) is 0.277. The van der Waals surface area contributed by atoms with E-state index in [0.717, 1.165) is 27.6 Å². The topological polar surface area (TPSA) is 22.0 Å². The number of aromatic nitrogens is 1. The Kier molecular flexibility index (Phi) is 5.66. The third kappa shape index (κ3) is 4.12. The molecule has 4 aromatic carbocycles. The van der Waals surface area contributed by atoms with Crippen molar-refractivity contribution < 1.29 is 4.79 Å². The van der Waals surface area contributed by atoms with Gasteiger partial charge in [0.05, 0.1) is 11.9 Å². The summed E-state index contributed by atoms with van der Waals surface area (Å²) in [6.45, 7) is 4.42. The largest absolute Gasteiger partial charge is 0.286 e. The molecule has 0 saturated heterocycles. The fraction of sp³-hybridized carbons (Fsp3) is 0.129. The van der Waals surface area contributed by atoms with E-state index in [0.29, 0.717) is 12.3 Å². The van der Waals surface area contributed by atoms with Crippen molar-refractivity contribution in [1.29, 1.82) is 0 Å². The predicted molar refractivity (Wildman–Crippen MR) is 138 cm³/mol. The fourth-order valence-corrected chi connectivity index (χ4v) is 4.55. The summed E-state index contributed by atoms with van der Waals surface area (Å²) in [5.41, 5.74) is 7.92. The number of nitrogens with zero attached hydrogens (tertiary/aromatic N) is 1. The van der Waals surface area contributed by atoms with Crippen molar-refractivity contribution in [1.82, 2.24) is 4.57 Å². The molecule has 2 nitrogen and oxygen atoms in total. The van der Waals surface area contributed by atoms with Gasteiger partial charge in [-0.2, -0.15) is 0 Å². The SMILES string of the molecule is CC(C)c1ccccc1-c1cn(C(=O)Cc2ccc(-c3ccccc3)cc2)c2ccccc12. The summed E-state index contributed by atoms with van der Waals surface area (Å²) >= 11 is 0. The average Bonchev–Trinajstić information content (AvgIpc) is 3.25. The van der Waals surface area contributed by atoms with Crippen LogP contribution in [0.1, 0.15) is 35.7 Å². The van der Waals surface area contributed by atoms with Crippen LogP contribution in [0.25, 0.3) is 33.2 Å². The highest BCUT2D eigenvalue weighted by atomic mass is 16.2. The Hall–Kier alpha value is -3.91. The standard InChI is InChI=1S/C31H27NO/c1-22(2)26-12-6-7-13-27(26)29-21-32(30-15-9-8-14-28(29)30)31(33)20-23-16-18-25(19-17-23)24-10-4-3-5-11-24/h3-19,21-22H,20H2,1-2H3. The minimum Gasteiger partial charge on any atom is -0.286 e. The monoisotopic (exact) mass is 429 g/mol. The van der Waals surface area contributed by atoms with Gasteiger partial charge in [-0.25, -0.2) is 0 Å². The normalized spacial score (nSPS) is 11.2. The van der Waals surface area contributed by atoms with Crippen LogP contribution in [-0.4, -0.2) is 10.5 Å². The number of hydrogen-bond donors (Lipinski definition) is 0. The first-order chi connectivity index (χ1) is 16.1. The molecule has 0 N–H and O–H groups in total. The Morgan fingerprint density at radius 3 is 2.09 bits per heavy atom. The van der Waals surface area contributed by atoms with Gasteiger partial charge < -0.3 is 0 Å². The average molecular weight is 430 g/mol. The zero-order chi connectivity index (χ0) is 22.8. The molecule has 162 valence electrons. The Morgan fingerprint density at radius 1 is 0.697 bits per heavy atom. The molecule has 5 rings (SSSR count). The molecule has 0 atom stereocenters. The zero-order valence-corrected chi connectivity index (χ0v) is 19.0. The molecule has 33 heavy (non-hydrogen) atoms. The lowest BCUT2D eigenvalue weighted by atomic mass is 9.92. The van der Waals surface area contributed by atoms with Crippen LogP contribution in [0, 0.1) is 0 Å². The summed E-state index contributed by atoms with van der Waals surface area (Å²) in [6.07, 6.45) is 2.38.